The molecule has 2 rings (SSSR count). The molecule has 1 aliphatic heterocycles. The van der Waals surface area contributed by atoms with Gasteiger partial charge in [-0.15, -0.1) is 0 Å². The zero-order valence-electron chi connectivity index (χ0n) is 11.0. The normalized spacial score (nSPS) is 19.6. The first-order valence-corrected chi connectivity index (χ1v) is 6.38. The lowest BCUT2D eigenvalue weighted by molar-refractivity contribution is -0.137. The molecule has 0 saturated carbocycles. The van der Waals surface area contributed by atoms with Gasteiger partial charge in [0.25, 0.3) is 0 Å². The number of para-hydroxylation sites is 1. The zero-order valence-corrected chi connectivity index (χ0v) is 11.0. The third-order valence-electron chi connectivity index (χ3n) is 3.43. The largest absolute Gasteiger partial charge is 0.481 e. The van der Waals surface area contributed by atoms with Crippen LogP contribution >= 0.6 is 0 Å². The molecule has 5 heteroatoms. The van der Waals surface area contributed by atoms with Gasteiger partial charge < -0.3 is 14.9 Å². The number of likely N-dealkylation sites (N-methyl/N-ethyl adjacent to an activating group) is 1. The van der Waals surface area contributed by atoms with Crippen molar-refractivity contribution < 1.29 is 14.7 Å². The fourth-order valence-corrected chi connectivity index (χ4v) is 2.38. The summed E-state index contributed by atoms with van der Waals surface area (Å²) >= 11 is 0. The standard InChI is InChI=1S/C14H18N2O3/c1-15-9-10-16(11-5-3-2-4-6-11)12(14(15)19)7-8-13(17)18/h2-6,12H,7-10H2,1H3,(H,17,18). The Balaban J connectivity index is 2.19. The summed E-state index contributed by atoms with van der Waals surface area (Å²) in [5, 5.41) is 8.81. The number of hydrogen-bond donors (Lipinski definition) is 1. The van der Waals surface area contributed by atoms with Crippen LogP contribution in [0.25, 0.3) is 0 Å². The Morgan fingerprint density at radius 1 is 1.32 bits per heavy atom. The van der Waals surface area contributed by atoms with E-state index >= 15 is 0 Å². The van der Waals surface area contributed by atoms with Gasteiger partial charge in [-0.25, -0.2) is 0 Å². The van der Waals surface area contributed by atoms with Crippen LogP contribution in [0.1, 0.15) is 12.8 Å². The van der Waals surface area contributed by atoms with Crippen molar-refractivity contribution in [2.75, 3.05) is 25.0 Å². The number of carbonyl (C=O) groups is 2. The molecule has 1 heterocycles. The number of benzene rings is 1. The van der Waals surface area contributed by atoms with Gasteiger partial charge in [-0.3, -0.25) is 9.59 Å². The maximum absolute atomic E-state index is 12.2. The van der Waals surface area contributed by atoms with Crippen LogP contribution in [0, 0.1) is 0 Å². The second-order valence-corrected chi connectivity index (χ2v) is 4.74. The highest BCUT2D eigenvalue weighted by atomic mass is 16.4. The van der Waals surface area contributed by atoms with Gasteiger partial charge in [0.05, 0.1) is 0 Å². The van der Waals surface area contributed by atoms with Crippen LogP contribution in [0.15, 0.2) is 30.3 Å². The molecule has 0 spiro atoms. The van der Waals surface area contributed by atoms with E-state index in [1.807, 2.05) is 35.2 Å². The molecule has 1 aliphatic rings. The van der Waals surface area contributed by atoms with E-state index in [2.05, 4.69) is 0 Å². The van der Waals surface area contributed by atoms with Crippen molar-refractivity contribution in [2.45, 2.75) is 18.9 Å². The summed E-state index contributed by atoms with van der Waals surface area (Å²) < 4.78 is 0. The van der Waals surface area contributed by atoms with Crippen molar-refractivity contribution in [1.82, 2.24) is 4.90 Å². The van der Waals surface area contributed by atoms with Gasteiger partial charge in [-0.05, 0) is 18.6 Å². The number of hydrogen-bond acceptors (Lipinski definition) is 3. The lowest BCUT2D eigenvalue weighted by Crippen LogP contribution is -2.56. The molecule has 1 fully saturated rings. The first-order valence-electron chi connectivity index (χ1n) is 6.38. The lowest BCUT2D eigenvalue weighted by atomic mass is 10.0. The van der Waals surface area contributed by atoms with Gasteiger partial charge in [-0.1, -0.05) is 18.2 Å². The lowest BCUT2D eigenvalue weighted by Gasteiger charge is -2.40. The molecule has 102 valence electrons. The number of piperazine rings is 1. The Morgan fingerprint density at radius 2 is 2.00 bits per heavy atom. The van der Waals surface area contributed by atoms with Gasteiger partial charge in [0.2, 0.25) is 5.91 Å². The van der Waals surface area contributed by atoms with Crippen LogP contribution in [-0.2, 0) is 9.59 Å². The molecule has 19 heavy (non-hydrogen) atoms. The highest BCUT2D eigenvalue weighted by Gasteiger charge is 2.33. The molecule has 0 aromatic heterocycles. The highest BCUT2D eigenvalue weighted by molar-refractivity contribution is 5.87. The minimum Gasteiger partial charge on any atom is -0.481 e. The molecule has 0 radical (unpaired) electrons. The van der Waals surface area contributed by atoms with E-state index in [1.54, 1.807) is 11.9 Å². The van der Waals surface area contributed by atoms with E-state index in [4.69, 9.17) is 5.11 Å². The molecule has 1 aromatic carbocycles. The first-order chi connectivity index (χ1) is 9.09. The third kappa shape index (κ3) is 3.05. The molecule has 1 saturated heterocycles. The summed E-state index contributed by atoms with van der Waals surface area (Å²) in [6.45, 7) is 1.40. The van der Waals surface area contributed by atoms with E-state index in [0.29, 0.717) is 13.0 Å². The third-order valence-corrected chi connectivity index (χ3v) is 3.43. The first kappa shape index (κ1) is 13.4. The molecule has 1 aromatic rings. The maximum atomic E-state index is 12.2. The number of rotatable bonds is 4. The fourth-order valence-electron chi connectivity index (χ4n) is 2.38. The average Bonchev–Trinajstić information content (AvgIpc) is 2.41. The van der Waals surface area contributed by atoms with Crippen LogP contribution in [0.4, 0.5) is 5.69 Å². The van der Waals surface area contributed by atoms with Gasteiger partial charge in [0.15, 0.2) is 0 Å². The minimum atomic E-state index is -0.867. The van der Waals surface area contributed by atoms with Crippen LogP contribution in [0.2, 0.25) is 0 Å². The molecule has 5 nitrogen and oxygen atoms in total. The van der Waals surface area contributed by atoms with Gasteiger partial charge in [0.1, 0.15) is 6.04 Å². The topological polar surface area (TPSA) is 60.9 Å². The molecule has 1 unspecified atom stereocenters. The number of carbonyl (C=O) groups excluding carboxylic acids is 1. The minimum absolute atomic E-state index is 0.00338. The van der Waals surface area contributed by atoms with E-state index in [1.165, 1.54) is 0 Å². The second kappa shape index (κ2) is 5.73. The number of carboxylic acids is 1. The van der Waals surface area contributed by atoms with E-state index < -0.39 is 5.97 Å². The smallest absolute Gasteiger partial charge is 0.303 e. The molecule has 0 aliphatic carbocycles. The van der Waals surface area contributed by atoms with Crippen molar-refractivity contribution >= 4 is 17.6 Å². The average molecular weight is 262 g/mol. The second-order valence-electron chi connectivity index (χ2n) is 4.74. The summed E-state index contributed by atoms with van der Waals surface area (Å²) in [5.41, 5.74) is 0.972. The maximum Gasteiger partial charge on any atom is 0.303 e. The van der Waals surface area contributed by atoms with Crippen molar-refractivity contribution in [2.24, 2.45) is 0 Å². The number of nitrogens with zero attached hydrogens (tertiary/aromatic N) is 2. The van der Waals surface area contributed by atoms with Crippen LogP contribution in [0.5, 0.6) is 0 Å². The number of aliphatic carboxylic acids is 1. The van der Waals surface area contributed by atoms with Gasteiger partial charge >= 0.3 is 5.97 Å². The Bertz CT molecular complexity index is 461. The highest BCUT2D eigenvalue weighted by Crippen LogP contribution is 2.23. The summed E-state index contributed by atoms with van der Waals surface area (Å²) in [6, 6.07) is 9.29. The number of amides is 1. The molecule has 1 amide bonds. The Labute approximate surface area is 112 Å². The van der Waals surface area contributed by atoms with Crippen molar-refractivity contribution in [3.63, 3.8) is 0 Å². The summed E-state index contributed by atoms with van der Waals surface area (Å²) in [7, 11) is 1.76. The van der Waals surface area contributed by atoms with Crippen molar-refractivity contribution in [3.8, 4) is 0 Å². The predicted molar refractivity (Wildman–Crippen MR) is 72.1 cm³/mol. The monoisotopic (exact) mass is 262 g/mol. The molecular weight excluding hydrogens is 244 g/mol. The quantitative estimate of drug-likeness (QED) is 0.885. The Kier molecular flexibility index (Phi) is 4.04. The van der Waals surface area contributed by atoms with Crippen LogP contribution < -0.4 is 4.90 Å². The molecule has 1 N–H and O–H groups in total. The van der Waals surface area contributed by atoms with Crippen molar-refractivity contribution in [3.05, 3.63) is 30.3 Å². The zero-order chi connectivity index (χ0) is 13.8. The van der Waals surface area contributed by atoms with Gasteiger partial charge in [0, 0.05) is 32.2 Å². The molecule has 0 bridgehead atoms. The SMILES string of the molecule is CN1CCN(c2ccccc2)C(CCC(=O)O)C1=O. The Hall–Kier alpha value is -2.04. The van der Waals surface area contributed by atoms with E-state index in [9.17, 15) is 9.59 Å². The van der Waals surface area contributed by atoms with E-state index in [-0.39, 0.29) is 18.4 Å². The molecular formula is C14H18N2O3. The summed E-state index contributed by atoms with van der Waals surface area (Å²) in [4.78, 5) is 26.6. The summed E-state index contributed by atoms with van der Waals surface area (Å²) in [6.07, 6.45) is 0.348. The van der Waals surface area contributed by atoms with E-state index in [0.717, 1.165) is 12.2 Å². The van der Waals surface area contributed by atoms with Crippen molar-refractivity contribution in [1.29, 1.82) is 0 Å². The summed E-state index contributed by atoms with van der Waals surface area (Å²) in [5.74, 6) is -0.870. The number of carboxylic acid groups (broad SMARTS) is 1. The fraction of sp³-hybridized carbons (Fsp3) is 0.429. The molecule has 1 atom stereocenters. The Morgan fingerprint density at radius 3 is 2.63 bits per heavy atom. The van der Waals surface area contributed by atoms with Crippen LogP contribution in [-0.4, -0.2) is 48.1 Å². The van der Waals surface area contributed by atoms with Crippen LogP contribution in [0.3, 0.4) is 0 Å². The van der Waals surface area contributed by atoms with Gasteiger partial charge in [-0.2, -0.15) is 0 Å². The predicted octanol–water partition coefficient (Wildman–Crippen LogP) is 1.20. The number of anilines is 1.